The maximum absolute atomic E-state index is 11.4. The van der Waals surface area contributed by atoms with Gasteiger partial charge in [0.05, 0.1) is 6.10 Å². The van der Waals surface area contributed by atoms with Crippen LogP contribution in [-0.4, -0.2) is 17.0 Å². The minimum absolute atomic E-state index is 0.108. The van der Waals surface area contributed by atoms with E-state index in [1.54, 1.807) is 0 Å². The Kier molecular flexibility index (Phi) is 9.60. The largest absolute Gasteiger partial charge is 0.393 e. The summed E-state index contributed by atoms with van der Waals surface area (Å²) >= 11 is 0. The van der Waals surface area contributed by atoms with Gasteiger partial charge in [-0.15, -0.1) is 0 Å². The number of unbranched alkanes of at least 4 members (excludes halogenated alkanes) is 4. The number of Topliss-reactive ketones (excluding diaryl/α,β-unsaturated/α-hetero) is 1. The van der Waals surface area contributed by atoms with Crippen LogP contribution in [0.15, 0.2) is 0 Å². The Bertz CT molecular complexity index is 176. The number of ketones is 1. The SMILES string of the molecule is CCCCCCCC(O)CCC(=O)C(C)C. The molecule has 0 amide bonds. The molecule has 1 N–H and O–H groups in total. The van der Waals surface area contributed by atoms with Crippen molar-refractivity contribution in [1.29, 1.82) is 0 Å². The predicted molar refractivity (Wildman–Crippen MR) is 68.5 cm³/mol. The van der Waals surface area contributed by atoms with Crippen molar-refractivity contribution >= 4 is 5.78 Å². The van der Waals surface area contributed by atoms with E-state index >= 15 is 0 Å². The molecular formula is C14H28O2. The molecule has 0 aromatic heterocycles. The molecule has 0 saturated carbocycles. The van der Waals surface area contributed by atoms with E-state index in [4.69, 9.17) is 0 Å². The van der Waals surface area contributed by atoms with Gasteiger partial charge in [0.25, 0.3) is 0 Å². The van der Waals surface area contributed by atoms with Crippen molar-refractivity contribution in [1.82, 2.24) is 0 Å². The summed E-state index contributed by atoms with van der Waals surface area (Å²) in [7, 11) is 0. The van der Waals surface area contributed by atoms with Crippen molar-refractivity contribution in [2.75, 3.05) is 0 Å². The van der Waals surface area contributed by atoms with Crippen LogP contribution >= 0.6 is 0 Å². The number of carbonyl (C=O) groups excluding carboxylic acids is 1. The molecule has 96 valence electrons. The Morgan fingerprint density at radius 2 is 1.69 bits per heavy atom. The summed E-state index contributed by atoms with van der Waals surface area (Å²) in [5, 5.41) is 9.68. The highest BCUT2D eigenvalue weighted by Gasteiger charge is 2.10. The summed E-state index contributed by atoms with van der Waals surface area (Å²) < 4.78 is 0. The van der Waals surface area contributed by atoms with Gasteiger partial charge >= 0.3 is 0 Å². The van der Waals surface area contributed by atoms with Crippen molar-refractivity contribution in [3.05, 3.63) is 0 Å². The lowest BCUT2D eigenvalue weighted by molar-refractivity contribution is -0.122. The summed E-state index contributed by atoms with van der Waals surface area (Å²) in [6.45, 7) is 6.03. The molecule has 0 bridgehead atoms. The highest BCUT2D eigenvalue weighted by Crippen LogP contribution is 2.12. The van der Waals surface area contributed by atoms with Crippen molar-refractivity contribution in [3.8, 4) is 0 Å². The number of hydrogen-bond donors (Lipinski definition) is 1. The molecule has 16 heavy (non-hydrogen) atoms. The molecule has 0 fully saturated rings. The van der Waals surface area contributed by atoms with E-state index in [1.807, 2.05) is 13.8 Å². The van der Waals surface area contributed by atoms with Crippen molar-refractivity contribution < 1.29 is 9.90 Å². The Morgan fingerprint density at radius 3 is 2.25 bits per heavy atom. The summed E-state index contributed by atoms with van der Waals surface area (Å²) in [6.07, 6.45) is 7.89. The molecule has 1 unspecified atom stereocenters. The molecule has 0 radical (unpaired) electrons. The second-order valence-corrected chi connectivity index (χ2v) is 5.02. The fourth-order valence-corrected chi connectivity index (χ4v) is 1.73. The summed E-state index contributed by atoms with van der Waals surface area (Å²) in [5.74, 6) is 0.377. The number of aliphatic hydroxyl groups is 1. The maximum atomic E-state index is 11.4. The monoisotopic (exact) mass is 228 g/mol. The van der Waals surface area contributed by atoms with Gasteiger partial charge in [-0.3, -0.25) is 4.79 Å². The van der Waals surface area contributed by atoms with Crippen LogP contribution in [0.25, 0.3) is 0 Å². The number of aliphatic hydroxyl groups excluding tert-OH is 1. The Hall–Kier alpha value is -0.370. The second kappa shape index (κ2) is 9.83. The van der Waals surface area contributed by atoms with Gasteiger partial charge in [0, 0.05) is 12.3 Å². The van der Waals surface area contributed by atoms with Gasteiger partial charge in [0.2, 0.25) is 0 Å². The van der Waals surface area contributed by atoms with Gasteiger partial charge in [-0.2, -0.15) is 0 Å². The van der Waals surface area contributed by atoms with Gasteiger partial charge in [0.1, 0.15) is 5.78 Å². The molecule has 0 aromatic carbocycles. The van der Waals surface area contributed by atoms with Crippen LogP contribution in [0, 0.1) is 5.92 Å². The van der Waals surface area contributed by atoms with Crippen LogP contribution < -0.4 is 0 Å². The van der Waals surface area contributed by atoms with Crippen molar-refractivity contribution in [3.63, 3.8) is 0 Å². The van der Waals surface area contributed by atoms with Crippen molar-refractivity contribution in [2.24, 2.45) is 5.92 Å². The maximum Gasteiger partial charge on any atom is 0.135 e. The van der Waals surface area contributed by atoms with E-state index in [0.717, 1.165) is 12.8 Å². The van der Waals surface area contributed by atoms with Crippen LogP contribution in [0.1, 0.15) is 72.1 Å². The lowest BCUT2D eigenvalue weighted by Crippen LogP contribution is -2.13. The molecule has 2 nitrogen and oxygen atoms in total. The first-order valence-corrected chi connectivity index (χ1v) is 6.78. The standard InChI is InChI=1S/C14H28O2/c1-4-5-6-7-8-9-13(15)10-11-14(16)12(2)3/h12-13,15H,4-11H2,1-3H3. The minimum Gasteiger partial charge on any atom is -0.393 e. The van der Waals surface area contributed by atoms with Gasteiger partial charge in [0.15, 0.2) is 0 Å². The molecule has 0 aliphatic heterocycles. The minimum atomic E-state index is -0.274. The molecule has 1 atom stereocenters. The fourth-order valence-electron chi connectivity index (χ4n) is 1.73. The summed E-state index contributed by atoms with van der Waals surface area (Å²) in [4.78, 5) is 11.4. The Morgan fingerprint density at radius 1 is 1.06 bits per heavy atom. The highest BCUT2D eigenvalue weighted by atomic mass is 16.3. The molecule has 0 aliphatic rings. The van der Waals surface area contributed by atoms with E-state index in [0.29, 0.717) is 12.8 Å². The predicted octanol–water partition coefficient (Wildman–Crippen LogP) is 3.71. The third-order valence-electron chi connectivity index (χ3n) is 3.01. The zero-order chi connectivity index (χ0) is 12.4. The molecule has 0 aliphatic carbocycles. The van der Waals surface area contributed by atoms with Crippen LogP contribution in [-0.2, 0) is 4.79 Å². The van der Waals surface area contributed by atoms with Gasteiger partial charge < -0.3 is 5.11 Å². The van der Waals surface area contributed by atoms with Crippen LogP contribution in [0.3, 0.4) is 0 Å². The second-order valence-electron chi connectivity index (χ2n) is 5.02. The van der Waals surface area contributed by atoms with Gasteiger partial charge in [-0.05, 0) is 12.8 Å². The first-order chi connectivity index (χ1) is 7.57. The molecule has 0 rings (SSSR count). The molecule has 0 aromatic rings. The molecule has 0 spiro atoms. The third-order valence-corrected chi connectivity index (χ3v) is 3.01. The normalized spacial score (nSPS) is 13.1. The van der Waals surface area contributed by atoms with Gasteiger partial charge in [-0.25, -0.2) is 0 Å². The summed E-state index contributed by atoms with van der Waals surface area (Å²) in [6, 6.07) is 0. The van der Waals surface area contributed by atoms with Gasteiger partial charge in [-0.1, -0.05) is 52.9 Å². The Balaban J connectivity index is 3.37. The molecule has 0 heterocycles. The third kappa shape index (κ3) is 8.90. The zero-order valence-corrected chi connectivity index (χ0v) is 11.2. The van der Waals surface area contributed by atoms with E-state index in [-0.39, 0.29) is 17.8 Å². The van der Waals surface area contributed by atoms with E-state index in [2.05, 4.69) is 6.92 Å². The summed E-state index contributed by atoms with van der Waals surface area (Å²) in [5.41, 5.74) is 0. The van der Waals surface area contributed by atoms with E-state index in [1.165, 1.54) is 25.7 Å². The van der Waals surface area contributed by atoms with Crippen LogP contribution in [0.5, 0.6) is 0 Å². The Labute approximate surface area is 100 Å². The van der Waals surface area contributed by atoms with E-state index in [9.17, 15) is 9.90 Å². The smallest absolute Gasteiger partial charge is 0.135 e. The van der Waals surface area contributed by atoms with Crippen LogP contribution in [0.4, 0.5) is 0 Å². The fraction of sp³-hybridized carbons (Fsp3) is 0.929. The lowest BCUT2D eigenvalue weighted by Gasteiger charge is -2.10. The molecule has 2 heteroatoms. The number of carbonyl (C=O) groups is 1. The number of hydrogen-bond acceptors (Lipinski definition) is 2. The quantitative estimate of drug-likeness (QED) is 0.579. The highest BCUT2D eigenvalue weighted by molar-refractivity contribution is 5.80. The first-order valence-electron chi connectivity index (χ1n) is 6.78. The average molecular weight is 228 g/mol. The lowest BCUT2D eigenvalue weighted by atomic mass is 10.00. The topological polar surface area (TPSA) is 37.3 Å². The molecular weight excluding hydrogens is 200 g/mol. The van der Waals surface area contributed by atoms with Crippen LogP contribution in [0.2, 0.25) is 0 Å². The first kappa shape index (κ1) is 15.6. The molecule has 0 saturated heterocycles. The van der Waals surface area contributed by atoms with Crippen molar-refractivity contribution in [2.45, 2.75) is 78.2 Å². The zero-order valence-electron chi connectivity index (χ0n) is 11.2. The number of rotatable bonds is 10. The van der Waals surface area contributed by atoms with E-state index < -0.39 is 0 Å². The average Bonchev–Trinajstić information content (AvgIpc) is 2.25.